The third kappa shape index (κ3) is 11.5. The number of allylic oxidation sites excluding steroid dienone is 1. The lowest BCUT2D eigenvalue weighted by Gasteiger charge is -2.60. The molecule has 0 unspecified atom stereocenters. The molecule has 1 spiro atoms. The molecule has 0 aromatic rings. The second-order valence-electron chi connectivity index (χ2n) is 26.5. The van der Waals surface area contributed by atoms with Crippen LogP contribution in [-0.2, 0) is 75.9 Å². The van der Waals surface area contributed by atoms with Crippen LogP contribution in [-0.4, -0.2) is 283 Å². The predicted octanol–water partition coefficient (Wildman–Crippen LogP) is -4.24. The van der Waals surface area contributed by atoms with E-state index < -0.39 is 220 Å². The first kappa shape index (κ1) is 65.9. The van der Waals surface area contributed by atoms with E-state index in [4.69, 9.17) is 66.3 Å². The van der Waals surface area contributed by atoms with Crippen LogP contribution in [0, 0.1) is 40.4 Å². The summed E-state index contributed by atoms with van der Waals surface area (Å²) in [5, 5.41) is 145. The zero-order valence-electron chi connectivity index (χ0n) is 49.4. The highest BCUT2D eigenvalue weighted by Crippen LogP contribution is 2.71. The summed E-state index contributed by atoms with van der Waals surface area (Å²) in [7, 11) is 0. The number of hydrogen-bond acceptors (Lipinski definition) is 29. The summed E-state index contributed by atoms with van der Waals surface area (Å²) in [4.78, 5) is 24.8. The first-order chi connectivity index (χ1) is 41.1. The van der Waals surface area contributed by atoms with E-state index >= 15 is 0 Å². The second kappa shape index (κ2) is 25.0. The van der Waals surface area contributed by atoms with E-state index in [1.54, 1.807) is 0 Å². The van der Waals surface area contributed by atoms with Gasteiger partial charge in [-0.05, 0) is 74.7 Å². The normalized spacial score (nSPS) is 54.1. The number of aliphatic hydroxyl groups is 13. The maximum Gasteiger partial charge on any atom is 0.303 e. The smallest absolute Gasteiger partial charge is 0.303 e. The molecule has 3 saturated carbocycles. The molecular formula is C58H88O29. The third-order valence-corrected chi connectivity index (χ3v) is 21.3. The Morgan fingerprint density at radius 2 is 1.36 bits per heavy atom. The van der Waals surface area contributed by atoms with Gasteiger partial charge >= 0.3 is 11.9 Å². The molecule has 7 aliphatic heterocycles. The van der Waals surface area contributed by atoms with Crippen LogP contribution in [0.25, 0.3) is 0 Å². The van der Waals surface area contributed by atoms with E-state index in [1.807, 2.05) is 0 Å². The van der Waals surface area contributed by atoms with Crippen molar-refractivity contribution in [2.45, 2.75) is 245 Å². The van der Waals surface area contributed by atoms with E-state index in [0.717, 1.165) is 12.5 Å². The van der Waals surface area contributed by atoms with Crippen LogP contribution in [0.4, 0.5) is 0 Å². The average Bonchev–Trinajstić information content (AvgIpc) is 1.58. The van der Waals surface area contributed by atoms with Crippen molar-refractivity contribution >= 4 is 11.9 Å². The van der Waals surface area contributed by atoms with Gasteiger partial charge in [-0.25, -0.2) is 0 Å². The summed E-state index contributed by atoms with van der Waals surface area (Å²) in [6.45, 7) is 11.0. The minimum Gasteiger partial charge on any atom is -0.465 e. The van der Waals surface area contributed by atoms with Crippen molar-refractivity contribution in [3.8, 4) is 0 Å². The zero-order valence-corrected chi connectivity index (χ0v) is 49.4. The molecule has 87 heavy (non-hydrogen) atoms. The fraction of sp³-hybridized carbons (Fsp3) is 0.897. The summed E-state index contributed by atoms with van der Waals surface area (Å²) < 4.78 is 85.0. The van der Waals surface area contributed by atoms with Crippen LogP contribution in [0.3, 0.4) is 0 Å². The molecule has 29 heteroatoms. The van der Waals surface area contributed by atoms with Gasteiger partial charge in [0.1, 0.15) is 91.1 Å². The van der Waals surface area contributed by atoms with Gasteiger partial charge in [0, 0.05) is 31.6 Å². The zero-order chi connectivity index (χ0) is 62.7. The largest absolute Gasteiger partial charge is 0.465 e. The molecule has 0 bridgehead atoms. The van der Waals surface area contributed by atoms with E-state index in [2.05, 4.69) is 26.5 Å². The maximum atomic E-state index is 12.6. The number of esters is 2. The Labute approximate surface area is 501 Å². The summed E-state index contributed by atoms with van der Waals surface area (Å²) in [5.41, 5.74) is -2.10. The molecule has 10 fully saturated rings. The van der Waals surface area contributed by atoms with Gasteiger partial charge in [-0.3, -0.25) is 9.59 Å². The fourth-order valence-electron chi connectivity index (χ4n) is 16.7. The van der Waals surface area contributed by atoms with Gasteiger partial charge in [0.15, 0.2) is 37.6 Å². The SMILES string of the molecule is C=C1CO[C@@]2(O[C@H]3C[C@H]4[C@@H]5CC=C6C[C@@H](O)C[C@@H](O[C@@H]7OC[C@H](O)[C@H](O[C@@H]8OC[C@@H](O)[C@H](O)[C@H]8O[C@@H]8O[C@@H](C)[C@H](OC(C)=O)[C@@H](O[C@@H]9OC[C@](O)(CO)[C@H]9O)[C@H]8O)[C@H]7O)[C@]6(C)[C@H]5CC[C@]4(C)[C@H]3[C@@H]2COC(C)=O)[C@@H](O)[C@H]1O[C@@H]1O[C@H](C)[C@H](O)[C@H](O)[C@H]1O. The highest BCUT2D eigenvalue weighted by Gasteiger charge is 2.74. The summed E-state index contributed by atoms with van der Waals surface area (Å²) in [6, 6.07) is 0. The highest BCUT2D eigenvalue weighted by molar-refractivity contribution is 5.66. The number of hydrogen-bond donors (Lipinski definition) is 13. The Bertz CT molecular complexity index is 2510. The highest BCUT2D eigenvalue weighted by atomic mass is 16.8. The Balaban J connectivity index is 0.796. The summed E-state index contributed by atoms with van der Waals surface area (Å²) in [5.74, 6) is -4.25. The van der Waals surface area contributed by atoms with Crippen molar-refractivity contribution in [3.05, 3.63) is 23.8 Å². The monoisotopic (exact) mass is 1250 g/mol. The van der Waals surface area contributed by atoms with Gasteiger partial charge in [-0.1, -0.05) is 32.1 Å². The van der Waals surface area contributed by atoms with Crippen molar-refractivity contribution in [1.82, 2.24) is 0 Å². The van der Waals surface area contributed by atoms with Gasteiger partial charge in [-0.15, -0.1) is 0 Å². The summed E-state index contributed by atoms with van der Waals surface area (Å²) >= 11 is 0. The molecule has 0 aromatic heterocycles. The molecule has 0 aromatic carbocycles. The lowest BCUT2D eigenvalue weighted by atomic mass is 9.46. The van der Waals surface area contributed by atoms with Gasteiger partial charge in [0.05, 0.1) is 76.1 Å². The molecule has 11 rings (SSSR count). The summed E-state index contributed by atoms with van der Waals surface area (Å²) in [6.07, 6.45) is -31.4. The van der Waals surface area contributed by atoms with Crippen LogP contribution in [0.2, 0.25) is 0 Å². The third-order valence-electron chi connectivity index (χ3n) is 21.3. The van der Waals surface area contributed by atoms with Crippen molar-refractivity contribution < 1.29 is 142 Å². The number of fused-ring (bicyclic) bond motifs is 7. The Hall–Kier alpha value is -2.58. The number of aliphatic hydroxyl groups excluding tert-OH is 12. The molecule has 34 atom stereocenters. The van der Waals surface area contributed by atoms with Crippen molar-refractivity contribution in [2.75, 3.05) is 39.6 Å². The lowest BCUT2D eigenvalue weighted by Crippen LogP contribution is -2.65. The minimum absolute atomic E-state index is 0.00264. The second-order valence-corrected chi connectivity index (χ2v) is 26.5. The van der Waals surface area contributed by atoms with Gasteiger partial charge in [0.25, 0.3) is 0 Å². The Kier molecular flexibility index (Phi) is 19.0. The molecular weight excluding hydrogens is 1160 g/mol. The van der Waals surface area contributed by atoms with E-state index in [9.17, 15) is 76.0 Å². The molecule has 29 nitrogen and oxygen atoms in total. The van der Waals surface area contributed by atoms with Crippen molar-refractivity contribution in [2.24, 2.45) is 40.4 Å². The Morgan fingerprint density at radius 3 is 2.06 bits per heavy atom. The van der Waals surface area contributed by atoms with Crippen LogP contribution in [0.5, 0.6) is 0 Å². The standard InChI is InChI=1S/C58H88O29/c1-21-15-78-58(48(71)43(21)83-51-40(68)39(67)37(65)22(2)79-51)31(16-74-24(4)60)36-34(87-58)14-30-28-9-8-26-12-27(62)13-35(56(26,7)29(28)10-11-55(30,36)6)82-50-41(69)45(33(64)18-75-50)84-53-47(38(66)32(63)17-76-53)86-52-42(70)46(44(23(3)80-52)81-25(5)61)85-54-49(72)57(73,19-59)20-77-54/h8,22-23,27-54,59,62-73H,1,9-20H2,2-7H3/t22-,23+,27-,28-,29+,30+,31+,32-,33+,34+,35-,36+,37+,38+,39+,40-,41-,42-,43+,44+,45+,46+,47-,48+,49+,50+,51+,52+,53+,54+,55+,56+,57-,58+/m1/s1. The van der Waals surface area contributed by atoms with Gasteiger partial charge in [0.2, 0.25) is 5.79 Å². The molecule has 13 N–H and O–H groups in total. The molecule has 0 amide bonds. The average molecular weight is 1250 g/mol. The minimum atomic E-state index is -2.13. The quantitative estimate of drug-likeness (QED) is 0.0579. The molecule has 4 aliphatic carbocycles. The number of rotatable bonds is 14. The first-order valence-corrected chi connectivity index (χ1v) is 30.3. The fourth-order valence-corrected chi connectivity index (χ4v) is 16.7. The number of carbonyl (C=O) groups excluding carboxylic acids is 2. The lowest BCUT2D eigenvalue weighted by molar-refractivity contribution is -0.380. The molecule has 494 valence electrons. The van der Waals surface area contributed by atoms with Crippen LogP contribution in [0.1, 0.15) is 80.1 Å². The predicted molar refractivity (Wildman–Crippen MR) is 285 cm³/mol. The first-order valence-electron chi connectivity index (χ1n) is 30.3. The maximum absolute atomic E-state index is 12.6. The Morgan fingerprint density at radius 1 is 0.690 bits per heavy atom. The molecule has 11 aliphatic rings. The van der Waals surface area contributed by atoms with E-state index in [0.29, 0.717) is 37.7 Å². The van der Waals surface area contributed by atoms with Gasteiger partial charge < -0.3 is 133 Å². The number of carbonyl (C=O) groups is 2. The molecule has 0 radical (unpaired) electrons. The van der Waals surface area contributed by atoms with Crippen LogP contribution >= 0.6 is 0 Å². The molecule has 7 heterocycles. The van der Waals surface area contributed by atoms with E-state index in [-0.39, 0.29) is 43.3 Å². The van der Waals surface area contributed by atoms with Crippen molar-refractivity contribution in [3.63, 3.8) is 0 Å². The van der Waals surface area contributed by atoms with E-state index in [1.165, 1.54) is 20.8 Å². The van der Waals surface area contributed by atoms with Crippen LogP contribution in [0.15, 0.2) is 23.8 Å². The van der Waals surface area contributed by atoms with Gasteiger partial charge in [-0.2, -0.15) is 0 Å². The topological polar surface area (TPSA) is 426 Å². The molecule has 7 saturated heterocycles. The van der Waals surface area contributed by atoms with Crippen LogP contribution < -0.4 is 0 Å². The number of ether oxygens (including phenoxy) is 14. The van der Waals surface area contributed by atoms with Crippen molar-refractivity contribution in [1.29, 1.82) is 0 Å².